The lowest BCUT2D eigenvalue weighted by atomic mass is 10.2. The lowest BCUT2D eigenvalue weighted by molar-refractivity contribution is -0.121. The molecule has 4 rings (SSSR count). The average Bonchev–Trinajstić information content (AvgIpc) is 3.29. The molecule has 2 aromatic carbocycles. The number of rotatable bonds is 6. The van der Waals surface area contributed by atoms with E-state index in [-0.39, 0.29) is 18.2 Å². The highest BCUT2D eigenvalue weighted by Crippen LogP contribution is 2.38. The van der Waals surface area contributed by atoms with Gasteiger partial charge in [0.2, 0.25) is 16.9 Å². The number of halogens is 1. The summed E-state index contributed by atoms with van der Waals surface area (Å²) >= 11 is 8.73. The molecule has 1 aliphatic heterocycles. The number of nitrogens with zero attached hydrogens (tertiary/aromatic N) is 3. The van der Waals surface area contributed by atoms with Crippen LogP contribution in [0.15, 0.2) is 46.8 Å². The number of benzene rings is 2. The van der Waals surface area contributed by atoms with Gasteiger partial charge in [0.1, 0.15) is 11.0 Å². The van der Waals surface area contributed by atoms with Crippen LogP contribution in [-0.2, 0) is 9.59 Å². The molecule has 2 amide bonds. The fraction of sp³-hybridized carbons (Fsp3) is 0.200. The Hall–Kier alpha value is -2.62. The number of hydrogen-bond donors (Lipinski definition) is 1. The standard InChI is InChI=1S/C20H17ClN4O3S2/c1-11-14(21)4-3-5-15(11)25-17(26)10-16(18(25)27)29-20-24-23-19(30-20)22-12-6-8-13(28-2)9-7-12/h3-9,16H,10H2,1-2H3,(H,22,23)/t16-/m0/s1. The van der Waals surface area contributed by atoms with E-state index in [1.54, 1.807) is 32.2 Å². The molecule has 3 aromatic rings. The molecule has 1 fully saturated rings. The molecular formula is C20H17ClN4O3S2. The monoisotopic (exact) mass is 460 g/mol. The van der Waals surface area contributed by atoms with Gasteiger partial charge >= 0.3 is 0 Å². The van der Waals surface area contributed by atoms with Gasteiger partial charge in [-0.3, -0.25) is 9.59 Å². The minimum atomic E-state index is -0.544. The first-order chi connectivity index (χ1) is 14.5. The molecule has 0 saturated carbocycles. The van der Waals surface area contributed by atoms with Crippen molar-refractivity contribution in [2.24, 2.45) is 0 Å². The molecule has 154 valence electrons. The summed E-state index contributed by atoms with van der Waals surface area (Å²) in [6.07, 6.45) is 0.107. The van der Waals surface area contributed by atoms with E-state index in [9.17, 15) is 9.59 Å². The second-order valence-corrected chi connectivity index (χ2v) is 9.32. The third-order valence-electron chi connectivity index (χ3n) is 4.58. The van der Waals surface area contributed by atoms with Gasteiger partial charge in [-0.05, 0) is 48.9 Å². The summed E-state index contributed by atoms with van der Waals surface area (Å²) in [6.45, 7) is 1.79. The number of methoxy groups -OCH3 is 1. The Morgan fingerprint density at radius 3 is 2.70 bits per heavy atom. The number of amides is 2. The molecule has 1 N–H and O–H groups in total. The van der Waals surface area contributed by atoms with Crippen LogP contribution in [-0.4, -0.2) is 34.4 Å². The Morgan fingerprint density at radius 2 is 1.97 bits per heavy atom. The van der Waals surface area contributed by atoms with E-state index in [2.05, 4.69) is 15.5 Å². The average molecular weight is 461 g/mol. The molecule has 0 aliphatic carbocycles. The van der Waals surface area contributed by atoms with Crippen LogP contribution in [0.1, 0.15) is 12.0 Å². The van der Waals surface area contributed by atoms with Crippen LogP contribution >= 0.6 is 34.7 Å². The van der Waals surface area contributed by atoms with Crippen molar-refractivity contribution in [1.29, 1.82) is 0 Å². The molecule has 0 spiro atoms. The van der Waals surface area contributed by atoms with Crippen LogP contribution in [0.5, 0.6) is 5.75 Å². The predicted octanol–water partition coefficient (Wildman–Crippen LogP) is 4.68. The predicted molar refractivity (Wildman–Crippen MR) is 119 cm³/mol. The number of thioether (sulfide) groups is 1. The largest absolute Gasteiger partial charge is 0.497 e. The molecule has 0 bridgehead atoms. The maximum absolute atomic E-state index is 12.9. The minimum Gasteiger partial charge on any atom is -0.497 e. The van der Waals surface area contributed by atoms with Gasteiger partial charge in [-0.25, -0.2) is 4.90 Å². The molecule has 1 atom stereocenters. The second kappa shape index (κ2) is 8.63. The zero-order valence-corrected chi connectivity index (χ0v) is 18.5. The highest BCUT2D eigenvalue weighted by atomic mass is 35.5. The van der Waals surface area contributed by atoms with Crippen molar-refractivity contribution < 1.29 is 14.3 Å². The molecule has 7 nitrogen and oxygen atoms in total. The number of anilines is 3. The van der Waals surface area contributed by atoms with Crippen molar-refractivity contribution in [3.05, 3.63) is 53.1 Å². The summed E-state index contributed by atoms with van der Waals surface area (Å²) in [5, 5.41) is 12.0. The molecule has 1 aromatic heterocycles. The van der Waals surface area contributed by atoms with E-state index in [0.717, 1.165) is 11.4 Å². The van der Waals surface area contributed by atoms with Crippen molar-refractivity contribution in [3.8, 4) is 5.75 Å². The van der Waals surface area contributed by atoms with Gasteiger partial charge in [0.15, 0.2) is 4.34 Å². The number of ether oxygens (including phenoxy) is 1. The van der Waals surface area contributed by atoms with Crippen LogP contribution in [0.3, 0.4) is 0 Å². The Bertz CT molecular complexity index is 1100. The van der Waals surface area contributed by atoms with Gasteiger partial charge < -0.3 is 10.1 Å². The normalized spacial score (nSPS) is 16.2. The Balaban J connectivity index is 1.45. The van der Waals surface area contributed by atoms with Crippen molar-refractivity contribution in [2.75, 3.05) is 17.3 Å². The van der Waals surface area contributed by atoms with Gasteiger partial charge in [-0.2, -0.15) is 0 Å². The quantitative estimate of drug-likeness (QED) is 0.534. The van der Waals surface area contributed by atoms with Gasteiger partial charge in [-0.15, -0.1) is 10.2 Å². The topological polar surface area (TPSA) is 84.4 Å². The SMILES string of the molecule is COc1ccc(Nc2nnc(S[C@H]3CC(=O)N(c4cccc(Cl)c4C)C3=O)s2)cc1. The van der Waals surface area contributed by atoms with Crippen molar-refractivity contribution >= 4 is 63.0 Å². The third-order valence-corrected chi connectivity index (χ3v) is 7.09. The number of imide groups is 1. The minimum absolute atomic E-state index is 0.107. The molecule has 2 heterocycles. The molecular weight excluding hydrogens is 444 g/mol. The van der Waals surface area contributed by atoms with Crippen LogP contribution < -0.4 is 15.0 Å². The van der Waals surface area contributed by atoms with Crippen LogP contribution in [0, 0.1) is 6.92 Å². The Morgan fingerprint density at radius 1 is 1.20 bits per heavy atom. The van der Waals surface area contributed by atoms with Crippen LogP contribution in [0.25, 0.3) is 0 Å². The number of carbonyl (C=O) groups is 2. The summed E-state index contributed by atoms with van der Waals surface area (Å²) in [5.74, 6) is 0.247. The third kappa shape index (κ3) is 4.14. The van der Waals surface area contributed by atoms with Crippen LogP contribution in [0.2, 0.25) is 5.02 Å². The fourth-order valence-corrected chi connectivity index (χ4v) is 5.22. The zero-order chi connectivity index (χ0) is 21.3. The van der Waals surface area contributed by atoms with Gasteiger partial charge in [0.05, 0.1) is 12.8 Å². The summed E-state index contributed by atoms with van der Waals surface area (Å²) < 4.78 is 5.76. The van der Waals surface area contributed by atoms with E-state index in [1.165, 1.54) is 28.0 Å². The first-order valence-electron chi connectivity index (χ1n) is 8.99. The smallest absolute Gasteiger partial charge is 0.247 e. The zero-order valence-electron chi connectivity index (χ0n) is 16.1. The summed E-state index contributed by atoms with van der Waals surface area (Å²) in [6, 6.07) is 12.6. The number of hydrogen-bond acceptors (Lipinski definition) is 8. The first-order valence-corrected chi connectivity index (χ1v) is 11.1. The molecule has 30 heavy (non-hydrogen) atoms. The number of aromatic nitrogens is 2. The fourth-order valence-electron chi connectivity index (χ4n) is 3.01. The van der Waals surface area contributed by atoms with E-state index in [0.29, 0.717) is 25.7 Å². The lowest BCUT2D eigenvalue weighted by Gasteiger charge is -2.17. The van der Waals surface area contributed by atoms with Gasteiger partial charge in [0.25, 0.3) is 0 Å². The van der Waals surface area contributed by atoms with Gasteiger partial charge in [-0.1, -0.05) is 40.8 Å². The Kier molecular flexibility index (Phi) is 5.94. The molecule has 1 aliphatic rings. The van der Waals surface area contributed by atoms with E-state index >= 15 is 0 Å². The van der Waals surface area contributed by atoms with Gasteiger partial charge in [0, 0.05) is 17.1 Å². The van der Waals surface area contributed by atoms with E-state index < -0.39 is 5.25 Å². The highest BCUT2D eigenvalue weighted by Gasteiger charge is 2.41. The second-order valence-electron chi connectivity index (χ2n) is 6.49. The lowest BCUT2D eigenvalue weighted by Crippen LogP contribution is -2.31. The summed E-state index contributed by atoms with van der Waals surface area (Å²) in [4.78, 5) is 26.7. The summed E-state index contributed by atoms with van der Waals surface area (Å²) in [7, 11) is 1.61. The van der Waals surface area contributed by atoms with Crippen molar-refractivity contribution in [2.45, 2.75) is 22.9 Å². The number of carbonyl (C=O) groups excluding carboxylic acids is 2. The molecule has 1 saturated heterocycles. The number of nitrogens with one attached hydrogen (secondary N) is 1. The van der Waals surface area contributed by atoms with E-state index in [4.69, 9.17) is 16.3 Å². The maximum atomic E-state index is 12.9. The first kappa shape index (κ1) is 20.6. The van der Waals surface area contributed by atoms with E-state index in [1.807, 2.05) is 24.3 Å². The molecule has 0 unspecified atom stereocenters. The van der Waals surface area contributed by atoms with Crippen LogP contribution in [0.4, 0.5) is 16.5 Å². The Labute approximate surface area is 186 Å². The molecule has 10 heteroatoms. The summed E-state index contributed by atoms with van der Waals surface area (Å²) in [5.41, 5.74) is 2.08. The van der Waals surface area contributed by atoms with Crippen molar-refractivity contribution in [1.82, 2.24) is 10.2 Å². The molecule has 0 radical (unpaired) electrons. The van der Waals surface area contributed by atoms with Crippen molar-refractivity contribution in [3.63, 3.8) is 0 Å². The highest BCUT2D eigenvalue weighted by molar-refractivity contribution is 8.02. The maximum Gasteiger partial charge on any atom is 0.247 e.